The number of aliphatic hydroxyl groups is 1. The van der Waals surface area contributed by atoms with Gasteiger partial charge in [-0.1, -0.05) is 6.07 Å². The van der Waals surface area contributed by atoms with E-state index in [0.29, 0.717) is 30.5 Å². The van der Waals surface area contributed by atoms with Crippen LogP contribution in [0.25, 0.3) is 0 Å². The van der Waals surface area contributed by atoms with Crippen molar-refractivity contribution in [2.24, 2.45) is 0 Å². The van der Waals surface area contributed by atoms with Crippen LogP contribution in [-0.4, -0.2) is 22.7 Å². The third-order valence-electron chi connectivity index (χ3n) is 2.72. The number of phenols is 1. The van der Waals surface area contributed by atoms with Crippen molar-refractivity contribution in [1.29, 1.82) is 0 Å². The fourth-order valence-electron chi connectivity index (χ4n) is 1.58. The highest BCUT2D eigenvalue weighted by atomic mass is 16.3. The van der Waals surface area contributed by atoms with Crippen LogP contribution in [0.1, 0.15) is 30.4 Å². The molecule has 0 bridgehead atoms. The van der Waals surface area contributed by atoms with Crippen molar-refractivity contribution >= 4 is 11.6 Å². The fraction of sp³-hybridized carbons (Fsp3) is 0.462. The molecule has 0 unspecified atom stereocenters. The quantitative estimate of drug-likeness (QED) is 0.687. The Balaban J connectivity index is 2.63. The Kier molecular flexibility index (Phi) is 4.97. The summed E-state index contributed by atoms with van der Waals surface area (Å²) in [6.07, 6.45) is 1.68. The molecule has 0 aromatic heterocycles. The van der Waals surface area contributed by atoms with Crippen LogP contribution in [0.15, 0.2) is 12.1 Å². The first-order valence-electron chi connectivity index (χ1n) is 5.76. The van der Waals surface area contributed by atoms with E-state index in [1.807, 2.05) is 6.92 Å². The van der Waals surface area contributed by atoms with Crippen LogP contribution >= 0.6 is 0 Å². The van der Waals surface area contributed by atoms with Gasteiger partial charge in [0, 0.05) is 24.3 Å². The Morgan fingerprint density at radius 1 is 1.29 bits per heavy atom. The molecule has 1 amide bonds. The van der Waals surface area contributed by atoms with Gasteiger partial charge in [0.25, 0.3) is 0 Å². The van der Waals surface area contributed by atoms with E-state index in [1.165, 1.54) is 0 Å². The Bertz CT molecular complexity index is 402. The highest BCUT2D eigenvalue weighted by Gasteiger charge is 2.08. The average molecular weight is 237 g/mol. The number of hydrogen-bond acceptors (Lipinski definition) is 3. The van der Waals surface area contributed by atoms with Crippen LogP contribution in [0, 0.1) is 13.8 Å². The van der Waals surface area contributed by atoms with E-state index in [1.54, 1.807) is 19.1 Å². The molecule has 94 valence electrons. The molecular formula is C13H19NO3. The first-order valence-corrected chi connectivity index (χ1v) is 5.76. The number of anilines is 1. The monoisotopic (exact) mass is 237 g/mol. The molecule has 0 saturated heterocycles. The van der Waals surface area contributed by atoms with Gasteiger partial charge in [0.15, 0.2) is 0 Å². The molecule has 0 aliphatic carbocycles. The van der Waals surface area contributed by atoms with Crippen molar-refractivity contribution in [1.82, 2.24) is 0 Å². The number of aromatic hydroxyl groups is 1. The van der Waals surface area contributed by atoms with E-state index in [9.17, 15) is 9.90 Å². The summed E-state index contributed by atoms with van der Waals surface area (Å²) in [6.45, 7) is 3.69. The minimum atomic E-state index is -0.0928. The smallest absolute Gasteiger partial charge is 0.224 e. The fourth-order valence-corrected chi connectivity index (χ4v) is 1.58. The van der Waals surface area contributed by atoms with Gasteiger partial charge in [0.1, 0.15) is 5.75 Å². The Morgan fingerprint density at radius 3 is 2.65 bits per heavy atom. The summed E-state index contributed by atoms with van der Waals surface area (Å²) >= 11 is 0. The first-order chi connectivity index (χ1) is 8.06. The zero-order valence-electron chi connectivity index (χ0n) is 10.3. The van der Waals surface area contributed by atoms with Gasteiger partial charge in [0.05, 0.1) is 0 Å². The molecule has 3 N–H and O–H groups in total. The summed E-state index contributed by atoms with van der Waals surface area (Å²) < 4.78 is 0. The van der Waals surface area contributed by atoms with Crippen molar-refractivity contribution in [3.63, 3.8) is 0 Å². The standard InChI is InChI=1S/C13H19NO3/c1-9-6-7-11(10(2)13(9)17)14-12(16)5-3-4-8-15/h6-7,15,17H,3-5,8H2,1-2H3,(H,14,16). The highest BCUT2D eigenvalue weighted by molar-refractivity contribution is 5.91. The number of hydrogen-bond donors (Lipinski definition) is 3. The third-order valence-corrected chi connectivity index (χ3v) is 2.72. The zero-order valence-corrected chi connectivity index (χ0v) is 10.3. The molecule has 0 aliphatic rings. The van der Waals surface area contributed by atoms with E-state index in [0.717, 1.165) is 5.56 Å². The summed E-state index contributed by atoms with van der Waals surface area (Å²) in [5.41, 5.74) is 2.11. The van der Waals surface area contributed by atoms with Crippen molar-refractivity contribution in [2.45, 2.75) is 33.1 Å². The molecule has 17 heavy (non-hydrogen) atoms. The van der Waals surface area contributed by atoms with E-state index in [-0.39, 0.29) is 18.3 Å². The summed E-state index contributed by atoms with van der Waals surface area (Å²) in [5.74, 6) is 0.128. The maximum absolute atomic E-state index is 11.6. The number of carbonyl (C=O) groups is 1. The van der Waals surface area contributed by atoms with Crippen LogP contribution in [0.5, 0.6) is 5.75 Å². The third kappa shape index (κ3) is 3.75. The summed E-state index contributed by atoms with van der Waals surface area (Å²) in [4.78, 5) is 11.6. The molecular weight excluding hydrogens is 218 g/mol. The number of aryl methyl sites for hydroxylation is 1. The van der Waals surface area contributed by atoms with Crippen LogP contribution in [0.3, 0.4) is 0 Å². The van der Waals surface area contributed by atoms with Crippen molar-refractivity contribution in [3.05, 3.63) is 23.3 Å². The van der Waals surface area contributed by atoms with Gasteiger partial charge in [-0.3, -0.25) is 4.79 Å². The predicted octanol–water partition coefficient (Wildman–Crippen LogP) is 2.11. The molecule has 1 rings (SSSR count). The van der Waals surface area contributed by atoms with Gasteiger partial charge in [-0.25, -0.2) is 0 Å². The molecule has 4 nitrogen and oxygen atoms in total. The maximum Gasteiger partial charge on any atom is 0.224 e. The predicted molar refractivity (Wildman–Crippen MR) is 67.1 cm³/mol. The molecule has 1 aromatic carbocycles. The molecule has 0 aliphatic heterocycles. The second kappa shape index (κ2) is 6.25. The van der Waals surface area contributed by atoms with Crippen LogP contribution < -0.4 is 5.32 Å². The second-order valence-electron chi connectivity index (χ2n) is 4.13. The van der Waals surface area contributed by atoms with Gasteiger partial charge in [-0.15, -0.1) is 0 Å². The Labute approximate surface area is 101 Å². The summed E-state index contributed by atoms with van der Waals surface area (Å²) in [6, 6.07) is 3.56. The van der Waals surface area contributed by atoms with E-state index < -0.39 is 0 Å². The van der Waals surface area contributed by atoms with E-state index >= 15 is 0 Å². The molecule has 0 atom stereocenters. The molecule has 4 heteroatoms. The van der Waals surface area contributed by atoms with E-state index in [4.69, 9.17) is 5.11 Å². The topological polar surface area (TPSA) is 69.6 Å². The first kappa shape index (κ1) is 13.5. The van der Waals surface area contributed by atoms with Gasteiger partial charge >= 0.3 is 0 Å². The van der Waals surface area contributed by atoms with Gasteiger partial charge in [0.2, 0.25) is 5.91 Å². The number of rotatable bonds is 5. The lowest BCUT2D eigenvalue weighted by molar-refractivity contribution is -0.116. The minimum Gasteiger partial charge on any atom is -0.507 e. The number of unbranched alkanes of at least 4 members (excludes halogenated alkanes) is 1. The number of aliphatic hydroxyl groups excluding tert-OH is 1. The molecule has 0 spiro atoms. The van der Waals surface area contributed by atoms with Gasteiger partial charge in [-0.05, 0) is 38.3 Å². The molecule has 1 aromatic rings. The lowest BCUT2D eigenvalue weighted by Crippen LogP contribution is -2.12. The summed E-state index contributed by atoms with van der Waals surface area (Å²) in [5, 5.41) is 21.1. The summed E-state index contributed by atoms with van der Waals surface area (Å²) in [7, 11) is 0. The van der Waals surface area contributed by atoms with Gasteiger partial charge in [-0.2, -0.15) is 0 Å². The minimum absolute atomic E-state index is 0.0928. The van der Waals surface area contributed by atoms with Gasteiger partial charge < -0.3 is 15.5 Å². The van der Waals surface area contributed by atoms with Crippen LogP contribution in [0.2, 0.25) is 0 Å². The Morgan fingerprint density at radius 2 is 2.00 bits per heavy atom. The number of phenolic OH excluding ortho intramolecular Hbond substituents is 1. The number of benzene rings is 1. The largest absolute Gasteiger partial charge is 0.507 e. The van der Waals surface area contributed by atoms with Crippen molar-refractivity contribution in [2.75, 3.05) is 11.9 Å². The second-order valence-corrected chi connectivity index (χ2v) is 4.13. The number of nitrogens with one attached hydrogen (secondary N) is 1. The number of amides is 1. The molecule has 0 heterocycles. The zero-order chi connectivity index (χ0) is 12.8. The van der Waals surface area contributed by atoms with Crippen molar-refractivity contribution in [3.8, 4) is 5.75 Å². The Hall–Kier alpha value is -1.55. The molecule has 0 saturated carbocycles. The maximum atomic E-state index is 11.6. The molecule has 0 fully saturated rings. The van der Waals surface area contributed by atoms with E-state index in [2.05, 4.69) is 5.32 Å². The number of carbonyl (C=O) groups excluding carboxylic acids is 1. The normalized spacial score (nSPS) is 10.3. The SMILES string of the molecule is Cc1ccc(NC(=O)CCCCO)c(C)c1O. The van der Waals surface area contributed by atoms with Crippen LogP contribution in [-0.2, 0) is 4.79 Å². The van der Waals surface area contributed by atoms with Crippen LogP contribution in [0.4, 0.5) is 5.69 Å². The molecule has 0 radical (unpaired) electrons. The van der Waals surface area contributed by atoms with Crippen molar-refractivity contribution < 1.29 is 15.0 Å². The lowest BCUT2D eigenvalue weighted by atomic mass is 10.1. The lowest BCUT2D eigenvalue weighted by Gasteiger charge is -2.11. The highest BCUT2D eigenvalue weighted by Crippen LogP contribution is 2.28. The average Bonchev–Trinajstić information content (AvgIpc) is 2.30.